The molecule has 3 N–H and O–H groups in total. The average molecular weight is 241 g/mol. The molecule has 1 fully saturated rings. The minimum absolute atomic E-state index is 0.200. The molecule has 0 spiro atoms. The fourth-order valence-electron chi connectivity index (χ4n) is 2.62. The van der Waals surface area contributed by atoms with E-state index in [-0.39, 0.29) is 5.41 Å². The van der Waals surface area contributed by atoms with E-state index in [1.807, 2.05) is 0 Å². The maximum atomic E-state index is 5.96. The van der Waals surface area contributed by atoms with Gasteiger partial charge >= 0.3 is 0 Å². The molecule has 1 saturated carbocycles. The molecular formula is C11H19N3OS. The van der Waals surface area contributed by atoms with Crippen molar-refractivity contribution in [3.63, 3.8) is 0 Å². The van der Waals surface area contributed by atoms with Crippen LogP contribution in [-0.2, 0) is 6.42 Å². The zero-order valence-corrected chi connectivity index (χ0v) is 10.3. The zero-order valence-electron chi connectivity index (χ0n) is 9.50. The van der Waals surface area contributed by atoms with E-state index < -0.39 is 0 Å². The van der Waals surface area contributed by atoms with Crippen molar-refractivity contribution in [3.8, 4) is 0 Å². The zero-order chi connectivity index (χ0) is 11.4. The number of H-pyrrole nitrogens is 1. The average Bonchev–Trinajstić information content (AvgIpc) is 2.54. The van der Waals surface area contributed by atoms with Gasteiger partial charge in [0.1, 0.15) is 0 Å². The normalized spacial score (nSPS) is 20.6. The van der Waals surface area contributed by atoms with E-state index in [4.69, 9.17) is 22.5 Å². The van der Waals surface area contributed by atoms with Crippen molar-refractivity contribution in [1.29, 1.82) is 0 Å². The number of aromatic amines is 1. The Labute approximate surface area is 101 Å². The van der Waals surface area contributed by atoms with Gasteiger partial charge in [-0.1, -0.05) is 30.8 Å². The molecule has 0 atom stereocenters. The van der Waals surface area contributed by atoms with Gasteiger partial charge in [0.05, 0.1) is 0 Å². The smallest absolute Gasteiger partial charge is 0.294 e. The summed E-state index contributed by atoms with van der Waals surface area (Å²) in [6.45, 7) is 0.723. The predicted molar refractivity (Wildman–Crippen MR) is 64.6 cm³/mol. The third kappa shape index (κ3) is 2.71. The molecule has 0 bridgehead atoms. The summed E-state index contributed by atoms with van der Waals surface area (Å²) in [6, 6.07) is 0. The Morgan fingerprint density at radius 2 is 2.00 bits per heavy atom. The Balaban J connectivity index is 2.10. The van der Waals surface area contributed by atoms with E-state index in [0.717, 1.165) is 18.8 Å². The first-order valence-electron chi connectivity index (χ1n) is 5.99. The number of aromatic nitrogens is 2. The molecule has 0 radical (unpaired) electrons. The summed E-state index contributed by atoms with van der Waals surface area (Å²) < 4.78 is 4.90. The van der Waals surface area contributed by atoms with Crippen LogP contribution >= 0.6 is 12.2 Å². The van der Waals surface area contributed by atoms with Gasteiger partial charge in [-0.2, -0.15) is 0 Å². The molecule has 0 amide bonds. The van der Waals surface area contributed by atoms with Crippen LogP contribution < -0.4 is 5.73 Å². The fourth-order valence-corrected chi connectivity index (χ4v) is 2.78. The summed E-state index contributed by atoms with van der Waals surface area (Å²) >= 11 is 4.88. The molecule has 0 saturated heterocycles. The number of nitrogens with two attached hydrogens (primary N) is 1. The number of rotatable bonds is 3. The van der Waals surface area contributed by atoms with Crippen molar-refractivity contribution in [1.82, 2.24) is 10.1 Å². The molecule has 2 rings (SSSR count). The van der Waals surface area contributed by atoms with Crippen LogP contribution in [0.3, 0.4) is 0 Å². The molecule has 4 nitrogen and oxygen atoms in total. The molecule has 1 aliphatic rings. The first-order valence-corrected chi connectivity index (χ1v) is 6.40. The number of hydrogen-bond donors (Lipinski definition) is 2. The molecule has 16 heavy (non-hydrogen) atoms. The van der Waals surface area contributed by atoms with Crippen molar-refractivity contribution >= 4 is 12.2 Å². The third-order valence-corrected chi connectivity index (χ3v) is 3.80. The van der Waals surface area contributed by atoms with E-state index in [1.165, 1.54) is 38.5 Å². The van der Waals surface area contributed by atoms with Crippen LogP contribution in [0.4, 0.5) is 0 Å². The van der Waals surface area contributed by atoms with Gasteiger partial charge in [0.2, 0.25) is 0 Å². The summed E-state index contributed by atoms with van der Waals surface area (Å²) in [7, 11) is 0. The minimum atomic E-state index is 0.200. The van der Waals surface area contributed by atoms with Gasteiger partial charge in [-0.25, -0.2) is 0 Å². The summed E-state index contributed by atoms with van der Waals surface area (Å²) in [5, 5.41) is 3.94. The van der Waals surface area contributed by atoms with Gasteiger partial charge in [-0.3, -0.25) is 4.98 Å². The maximum Gasteiger partial charge on any atom is 0.294 e. The summed E-state index contributed by atoms with van der Waals surface area (Å²) in [5.41, 5.74) is 6.16. The van der Waals surface area contributed by atoms with E-state index in [1.54, 1.807) is 0 Å². The lowest BCUT2D eigenvalue weighted by Crippen LogP contribution is -2.32. The first-order chi connectivity index (χ1) is 7.74. The van der Waals surface area contributed by atoms with E-state index in [2.05, 4.69) is 10.1 Å². The number of nitrogens with one attached hydrogen (secondary N) is 1. The van der Waals surface area contributed by atoms with Gasteiger partial charge in [0.15, 0.2) is 5.82 Å². The molecule has 5 heteroatoms. The summed E-state index contributed by atoms with van der Waals surface area (Å²) in [4.78, 5) is 3.34. The molecule has 1 heterocycles. The van der Waals surface area contributed by atoms with E-state index in [9.17, 15) is 0 Å². The Bertz CT molecular complexity index is 377. The molecular weight excluding hydrogens is 222 g/mol. The van der Waals surface area contributed by atoms with E-state index >= 15 is 0 Å². The fraction of sp³-hybridized carbons (Fsp3) is 0.818. The molecule has 0 aromatic carbocycles. The van der Waals surface area contributed by atoms with Crippen LogP contribution in [0.25, 0.3) is 0 Å². The lowest BCUT2D eigenvalue weighted by molar-refractivity contribution is 0.243. The SMILES string of the molecule is NCC1(Cc2noc(=S)[nH]2)CCCCCC1. The molecule has 1 aromatic heterocycles. The highest BCUT2D eigenvalue weighted by atomic mass is 32.1. The van der Waals surface area contributed by atoms with Crippen molar-refractivity contribution < 1.29 is 4.52 Å². The second kappa shape index (κ2) is 5.10. The van der Waals surface area contributed by atoms with Gasteiger partial charge in [-0.05, 0) is 37.0 Å². The largest absolute Gasteiger partial charge is 0.330 e. The van der Waals surface area contributed by atoms with E-state index in [0.29, 0.717) is 4.84 Å². The van der Waals surface area contributed by atoms with Crippen molar-refractivity contribution in [3.05, 3.63) is 10.7 Å². The van der Waals surface area contributed by atoms with Crippen LogP contribution in [0.5, 0.6) is 0 Å². The lowest BCUT2D eigenvalue weighted by Gasteiger charge is -2.30. The van der Waals surface area contributed by atoms with Crippen molar-refractivity contribution in [2.45, 2.75) is 44.9 Å². The van der Waals surface area contributed by atoms with Gasteiger partial charge in [0, 0.05) is 6.42 Å². The highest BCUT2D eigenvalue weighted by molar-refractivity contribution is 7.71. The van der Waals surface area contributed by atoms with Gasteiger partial charge < -0.3 is 10.3 Å². The van der Waals surface area contributed by atoms with Crippen molar-refractivity contribution in [2.75, 3.05) is 6.54 Å². The van der Waals surface area contributed by atoms with Crippen LogP contribution in [-0.4, -0.2) is 16.7 Å². The first kappa shape index (κ1) is 11.8. The van der Waals surface area contributed by atoms with Crippen molar-refractivity contribution in [2.24, 2.45) is 11.1 Å². The predicted octanol–water partition coefficient (Wildman–Crippen LogP) is 2.57. The second-order valence-corrected chi connectivity index (χ2v) is 5.21. The maximum absolute atomic E-state index is 5.96. The standard InChI is InChI=1S/C11H19N3OS/c12-8-11(5-3-1-2-4-6-11)7-9-13-10(16)15-14-9/h1-8,12H2,(H,13,14,16). The van der Waals surface area contributed by atoms with Crippen LogP contribution in [0.15, 0.2) is 4.52 Å². The van der Waals surface area contributed by atoms with Crippen LogP contribution in [0.1, 0.15) is 44.3 Å². The monoisotopic (exact) mass is 241 g/mol. The molecule has 0 unspecified atom stereocenters. The lowest BCUT2D eigenvalue weighted by atomic mass is 9.77. The summed E-state index contributed by atoms with van der Waals surface area (Å²) in [6.07, 6.45) is 8.45. The molecule has 1 aliphatic carbocycles. The van der Waals surface area contributed by atoms with Gasteiger partial charge in [0.25, 0.3) is 4.84 Å². The Hall–Kier alpha value is -0.680. The second-order valence-electron chi connectivity index (χ2n) is 4.84. The van der Waals surface area contributed by atoms with Crippen LogP contribution in [0, 0.1) is 10.3 Å². The molecule has 0 aliphatic heterocycles. The highest BCUT2D eigenvalue weighted by Gasteiger charge is 2.30. The Morgan fingerprint density at radius 3 is 2.50 bits per heavy atom. The Morgan fingerprint density at radius 1 is 1.31 bits per heavy atom. The molecule has 90 valence electrons. The Kier molecular flexibility index (Phi) is 3.76. The quantitative estimate of drug-likeness (QED) is 0.630. The third-order valence-electron chi connectivity index (χ3n) is 3.62. The van der Waals surface area contributed by atoms with Gasteiger partial charge in [-0.15, -0.1) is 0 Å². The molecule has 1 aromatic rings. The number of nitrogens with zero attached hydrogens (tertiary/aromatic N) is 1. The highest BCUT2D eigenvalue weighted by Crippen LogP contribution is 2.36. The number of hydrogen-bond acceptors (Lipinski definition) is 4. The summed E-state index contributed by atoms with van der Waals surface area (Å²) in [5.74, 6) is 0.845. The minimum Gasteiger partial charge on any atom is -0.330 e. The topological polar surface area (TPSA) is 67.8 Å². The van der Waals surface area contributed by atoms with Crippen LogP contribution in [0.2, 0.25) is 0 Å².